The van der Waals surface area contributed by atoms with Crippen molar-refractivity contribution in [1.29, 1.82) is 0 Å². The molecule has 1 aromatic carbocycles. The van der Waals surface area contributed by atoms with Gasteiger partial charge in [0.25, 0.3) is 0 Å². The van der Waals surface area contributed by atoms with E-state index in [1.807, 2.05) is 36.4 Å². The molecule has 0 unspecified atom stereocenters. The second-order valence-electron chi connectivity index (χ2n) is 3.56. The molecule has 0 radical (unpaired) electrons. The van der Waals surface area contributed by atoms with E-state index in [-0.39, 0.29) is 6.61 Å². The molecule has 0 spiro atoms. The van der Waals surface area contributed by atoms with Gasteiger partial charge in [0.15, 0.2) is 0 Å². The number of benzene rings is 1. The maximum atomic E-state index is 10.6. The minimum Gasteiger partial charge on any atom is -0.438 e. The molecular weight excluding hydrogens is 232 g/mol. The van der Waals surface area contributed by atoms with Crippen molar-refractivity contribution in [1.82, 2.24) is 0 Å². The molecular formula is C14H18O4. The van der Waals surface area contributed by atoms with E-state index < -0.39 is 6.16 Å². The molecule has 0 heterocycles. The molecule has 0 saturated heterocycles. The van der Waals surface area contributed by atoms with Crippen molar-refractivity contribution in [2.45, 2.75) is 13.0 Å². The van der Waals surface area contributed by atoms with Gasteiger partial charge in [0.05, 0.1) is 20.3 Å². The summed E-state index contributed by atoms with van der Waals surface area (Å²) in [5.41, 5.74) is 1.16. The first kappa shape index (κ1) is 14.3. The summed E-state index contributed by atoms with van der Waals surface area (Å²) in [6.45, 7) is 1.49. The first-order chi connectivity index (χ1) is 8.83. The summed E-state index contributed by atoms with van der Waals surface area (Å²) >= 11 is 0. The Morgan fingerprint density at radius 2 is 2.00 bits per heavy atom. The molecule has 0 N–H and O–H groups in total. The molecule has 0 atom stereocenters. The van der Waals surface area contributed by atoms with E-state index in [1.165, 1.54) is 7.11 Å². The Bertz CT molecular complexity index is 359. The van der Waals surface area contributed by atoms with Gasteiger partial charge in [0.2, 0.25) is 0 Å². The summed E-state index contributed by atoms with van der Waals surface area (Å²) in [5.74, 6) is 0. The number of carbonyl (C=O) groups excluding carboxylic acids is 1. The lowest BCUT2D eigenvalue weighted by atomic mass is 10.2. The van der Waals surface area contributed by atoms with E-state index in [2.05, 4.69) is 9.47 Å². The fraction of sp³-hybridized carbons (Fsp3) is 0.357. The fourth-order valence-electron chi connectivity index (χ4n) is 1.28. The third-order valence-corrected chi connectivity index (χ3v) is 2.17. The molecule has 4 nitrogen and oxygen atoms in total. The van der Waals surface area contributed by atoms with Crippen LogP contribution in [0.25, 0.3) is 0 Å². The molecule has 0 aliphatic heterocycles. The Hall–Kier alpha value is -1.81. The van der Waals surface area contributed by atoms with E-state index >= 15 is 0 Å². The van der Waals surface area contributed by atoms with Gasteiger partial charge in [-0.1, -0.05) is 42.5 Å². The van der Waals surface area contributed by atoms with Gasteiger partial charge in [-0.2, -0.15) is 0 Å². The topological polar surface area (TPSA) is 44.8 Å². The van der Waals surface area contributed by atoms with Crippen molar-refractivity contribution in [2.24, 2.45) is 0 Å². The van der Waals surface area contributed by atoms with Gasteiger partial charge in [-0.05, 0) is 12.0 Å². The van der Waals surface area contributed by atoms with Gasteiger partial charge in [0.1, 0.15) is 6.61 Å². The Morgan fingerprint density at radius 3 is 2.72 bits per heavy atom. The molecule has 0 saturated carbocycles. The van der Waals surface area contributed by atoms with Crippen LogP contribution in [-0.4, -0.2) is 26.5 Å². The van der Waals surface area contributed by atoms with Crippen LogP contribution in [0.3, 0.4) is 0 Å². The summed E-state index contributed by atoms with van der Waals surface area (Å²) in [7, 11) is 1.28. The predicted molar refractivity (Wildman–Crippen MR) is 68.2 cm³/mol. The van der Waals surface area contributed by atoms with Crippen LogP contribution in [0.5, 0.6) is 0 Å². The number of hydrogen-bond donors (Lipinski definition) is 0. The van der Waals surface area contributed by atoms with Crippen molar-refractivity contribution < 1.29 is 19.0 Å². The first-order valence-electron chi connectivity index (χ1n) is 5.80. The van der Waals surface area contributed by atoms with Crippen molar-refractivity contribution in [3.05, 3.63) is 48.0 Å². The normalized spacial score (nSPS) is 10.5. The highest BCUT2D eigenvalue weighted by molar-refractivity contribution is 5.59. The first-order valence-corrected chi connectivity index (χ1v) is 5.80. The van der Waals surface area contributed by atoms with E-state index in [1.54, 1.807) is 6.08 Å². The van der Waals surface area contributed by atoms with Gasteiger partial charge in [-0.15, -0.1) is 0 Å². The van der Waals surface area contributed by atoms with Crippen LogP contribution < -0.4 is 0 Å². The van der Waals surface area contributed by atoms with Crippen LogP contribution in [0.2, 0.25) is 0 Å². The zero-order valence-electron chi connectivity index (χ0n) is 10.5. The van der Waals surface area contributed by atoms with E-state index in [0.717, 1.165) is 12.0 Å². The minimum absolute atomic E-state index is 0.228. The second-order valence-corrected chi connectivity index (χ2v) is 3.56. The Balaban J connectivity index is 1.98. The molecule has 0 aromatic heterocycles. The maximum Gasteiger partial charge on any atom is 0.508 e. The van der Waals surface area contributed by atoms with E-state index in [9.17, 15) is 4.79 Å². The average Bonchev–Trinajstić information content (AvgIpc) is 2.42. The highest BCUT2D eigenvalue weighted by atomic mass is 16.7. The molecule has 0 aliphatic carbocycles. The fourth-order valence-corrected chi connectivity index (χ4v) is 1.28. The van der Waals surface area contributed by atoms with Crippen molar-refractivity contribution >= 4 is 6.16 Å². The number of ether oxygens (including phenoxy) is 3. The van der Waals surface area contributed by atoms with Gasteiger partial charge >= 0.3 is 6.16 Å². The summed E-state index contributed by atoms with van der Waals surface area (Å²) in [6.07, 6.45) is 3.80. The van der Waals surface area contributed by atoms with Gasteiger partial charge < -0.3 is 14.2 Å². The summed E-state index contributed by atoms with van der Waals surface area (Å²) in [5, 5.41) is 0. The number of methoxy groups -OCH3 is 1. The molecule has 0 aliphatic rings. The Kier molecular flexibility index (Phi) is 7.32. The van der Waals surface area contributed by atoms with E-state index in [4.69, 9.17) is 4.74 Å². The smallest absolute Gasteiger partial charge is 0.438 e. The summed E-state index contributed by atoms with van der Waals surface area (Å²) in [6, 6.07) is 10.0. The van der Waals surface area contributed by atoms with Crippen LogP contribution in [0, 0.1) is 0 Å². The van der Waals surface area contributed by atoms with Gasteiger partial charge in [-0.3, -0.25) is 0 Å². The number of carbonyl (C=O) groups is 1. The molecule has 1 rings (SSSR count). The van der Waals surface area contributed by atoms with Crippen LogP contribution in [0.15, 0.2) is 42.5 Å². The SMILES string of the molecule is COC(=O)OC/C=C/CCOCc1ccccc1. The third-order valence-electron chi connectivity index (χ3n) is 2.17. The quantitative estimate of drug-likeness (QED) is 0.424. The van der Waals surface area contributed by atoms with Crippen LogP contribution in [-0.2, 0) is 20.8 Å². The van der Waals surface area contributed by atoms with Crippen molar-refractivity contribution in [3.63, 3.8) is 0 Å². The number of rotatable bonds is 7. The summed E-state index contributed by atoms with van der Waals surface area (Å²) < 4.78 is 14.5. The zero-order chi connectivity index (χ0) is 13.1. The third kappa shape index (κ3) is 6.70. The molecule has 0 fully saturated rings. The minimum atomic E-state index is -0.667. The highest BCUT2D eigenvalue weighted by Crippen LogP contribution is 2.00. The zero-order valence-corrected chi connectivity index (χ0v) is 10.5. The second kappa shape index (κ2) is 9.24. The number of hydrogen-bond acceptors (Lipinski definition) is 4. The average molecular weight is 250 g/mol. The van der Waals surface area contributed by atoms with Crippen LogP contribution in [0.4, 0.5) is 4.79 Å². The molecule has 98 valence electrons. The van der Waals surface area contributed by atoms with Crippen molar-refractivity contribution in [3.8, 4) is 0 Å². The molecule has 18 heavy (non-hydrogen) atoms. The lowest BCUT2D eigenvalue weighted by Crippen LogP contribution is -2.03. The van der Waals surface area contributed by atoms with E-state index in [0.29, 0.717) is 13.2 Å². The highest BCUT2D eigenvalue weighted by Gasteiger charge is 1.95. The Labute approximate surface area is 107 Å². The molecule has 0 amide bonds. The van der Waals surface area contributed by atoms with Gasteiger partial charge in [-0.25, -0.2) is 4.79 Å². The van der Waals surface area contributed by atoms with Gasteiger partial charge in [0, 0.05) is 0 Å². The lowest BCUT2D eigenvalue weighted by molar-refractivity contribution is 0.0817. The standard InChI is InChI=1S/C14H18O4/c1-16-14(15)18-11-7-3-6-10-17-12-13-8-4-2-5-9-13/h2-5,7-9H,6,10-12H2,1H3/b7-3+. The van der Waals surface area contributed by atoms with Crippen LogP contribution >= 0.6 is 0 Å². The largest absolute Gasteiger partial charge is 0.508 e. The van der Waals surface area contributed by atoms with Crippen molar-refractivity contribution in [2.75, 3.05) is 20.3 Å². The molecule has 0 bridgehead atoms. The monoisotopic (exact) mass is 250 g/mol. The maximum absolute atomic E-state index is 10.6. The van der Waals surface area contributed by atoms with Crippen LogP contribution in [0.1, 0.15) is 12.0 Å². The molecule has 4 heteroatoms. The molecule has 1 aromatic rings. The summed E-state index contributed by atoms with van der Waals surface area (Å²) in [4.78, 5) is 10.6. The Morgan fingerprint density at radius 1 is 1.22 bits per heavy atom. The lowest BCUT2D eigenvalue weighted by Gasteiger charge is -2.02. The predicted octanol–water partition coefficient (Wildman–Crippen LogP) is 2.93.